The molecular formula is C17H21ClN2O4S2. The number of halogens is 1. The van der Waals surface area contributed by atoms with E-state index in [0.29, 0.717) is 17.5 Å². The maximum atomic E-state index is 12.4. The van der Waals surface area contributed by atoms with Crippen LogP contribution in [0.15, 0.2) is 40.6 Å². The molecule has 142 valence electrons. The fourth-order valence-electron chi connectivity index (χ4n) is 2.05. The van der Waals surface area contributed by atoms with E-state index in [2.05, 4.69) is 0 Å². The van der Waals surface area contributed by atoms with Gasteiger partial charge in [0.05, 0.1) is 17.4 Å². The second-order valence-corrected chi connectivity index (χ2v) is 9.78. The number of benzene rings is 1. The molecule has 0 spiro atoms. The van der Waals surface area contributed by atoms with Gasteiger partial charge in [-0.05, 0) is 31.2 Å². The van der Waals surface area contributed by atoms with E-state index in [1.165, 1.54) is 24.1 Å². The molecule has 0 aliphatic heterocycles. The Morgan fingerprint density at radius 1 is 1.15 bits per heavy atom. The van der Waals surface area contributed by atoms with Crippen molar-refractivity contribution in [1.29, 1.82) is 0 Å². The normalized spacial score (nSPS) is 11.6. The number of hydrogen-bond donors (Lipinski definition) is 0. The third-order valence-electron chi connectivity index (χ3n) is 3.71. The summed E-state index contributed by atoms with van der Waals surface area (Å²) in [5.74, 6) is 0.414. The van der Waals surface area contributed by atoms with Crippen LogP contribution in [0, 0.1) is 6.92 Å². The summed E-state index contributed by atoms with van der Waals surface area (Å²) in [6.07, 6.45) is 0. The third-order valence-corrected chi connectivity index (χ3v) is 7.22. The van der Waals surface area contributed by atoms with Crippen LogP contribution < -0.4 is 4.74 Å². The number of carbonyl (C=O) groups excluding carboxylic acids is 1. The highest BCUT2D eigenvalue weighted by atomic mass is 35.5. The van der Waals surface area contributed by atoms with Gasteiger partial charge in [-0.1, -0.05) is 29.3 Å². The van der Waals surface area contributed by atoms with Crippen molar-refractivity contribution in [3.05, 3.63) is 46.3 Å². The highest BCUT2D eigenvalue weighted by Crippen LogP contribution is 2.27. The Hall–Kier alpha value is -1.61. The van der Waals surface area contributed by atoms with E-state index in [9.17, 15) is 13.2 Å². The number of amides is 1. The number of ether oxygens (including phenoxy) is 1. The van der Waals surface area contributed by atoms with Crippen molar-refractivity contribution >= 4 is 38.9 Å². The molecular weight excluding hydrogens is 396 g/mol. The Bertz CT molecular complexity index is 850. The number of likely N-dealkylation sites (N-methyl/N-ethyl adjacent to an activating group) is 2. The zero-order valence-electron chi connectivity index (χ0n) is 14.8. The molecule has 0 saturated heterocycles. The molecule has 26 heavy (non-hydrogen) atoms. The number of thiophene rings is 1. The standard InChI is InChI=1S/C17H21ClN2O4S2/c1-13-4-6-14(7-5-13)24-11-10-19(2)16(21)12-20(3)26(22,23)17-9-8-15(18)25-17/h4-9H,10-12H2,1-3H3. The van der Waals surface area contributed by atoms with E-state index >= 15 is 0 Å². The molecule has 0 aliphatic carbocycles. The van der Waals surface area contributed by atoms with Crippen LogP contribution in [-0.2, 0) is 14.8 Å². The summed E-state index contributed by atoms with van der Waals surface area (Å²) < 4.78 is 31.9. The van der Waals surface area contributed by atoms with Gasteiger partial charge in [0.2, 0.25) is 5.91 Å². The average molecular weight is 417 g/mol. The van der Waals surface area contributed by atoms with Gasteiger partial charge in [-0.15, -0.1) is 11.3 Å². The molecule has 2 aromatic rings. The summed E-state index contributed by atoms with van der Waals surface area (Å²) in [7, 11) is -0.739. The molecule has 1 amide bonds. The molecule has 1 aromatic heterocycles. The quantitative estimate of drug-likeness (QED) is 0.663. The van der Waals surface area contributed by atoms with Crippen molar-refractivity contribution in [2.45, 2.75) is 11.1 Å². The van der Waals surface area contributed by atoms with E-state index in [-0.39, 0.29) is 16.7 Å². The van der Waals surface area contributed by atoms with Crippen molar-refractivity contribution < 1.29 is 17.9 Å². The zero-order chi connectivity index (χ0) is 19.3. The maximum absolute atomic E-state index is 12.4. The van der Waals surface area contributed by atoms with Crippen molar-refractivity contribution in [2.24, 2.45) is 0 Å². The lowest BCUT2D eigenvalue weighted by Gasteiger charge is -2.21. The molecule has 1 aromatic carbocycles. The van der Waals surface area contributed by atoms with Crippen LogP contribution in [0.25, 0.3) is 0 Å². The van der Waals surface area contributed by atoms with E-state index in [4.69, 9.17) is 16.3 Å². The van der Waals surface area contributed by atoms with Gasteiger partial charge in [-0.25, -0.2) is 8.42 Å². The smallest absolute Gasteiger partial charge is 0.252 e. The fourth-order valence-corrected chi connectivity index (χ4v) is 4.86. The lowest BCUT2D eigenvalue weighted by atomic mass is 10.2. The van der Waals surface area contributed by atoms with Crippen LogP contribution in [0.1, 0.15) is 5.56 Å². The molecule has 0 atom stereocenters. The monoisotopic (exact) mass is 416 g/mol. The number of sulfonamides is 1. The van der Waals surface area contributed by atoms with Crippen LogP contribution >= 0.6 is 22.9 Å². The summed E-state index contributed by atoms with van der Waals surface area (Å²) in [5, 5.41) is 0. The number of hydrogen-bond acceptors (Lipinski definition) is 5. The maximum Gasteiger partial charge on any atom is 0.252 e. The minimum absolute atomic E-state index is 0.114. The molecule has 0 radical (unpaired) electrons. The van der Waals surface area contributed by atoms with E-state index in [1.807, 2.05) is 31.2 Å². The average Bonchev–Trinajstić information content (AvgIpc) is 3.03. The van der Waals surface area contributed by atoms with Gasteiger partial charge in [-0.3, -0.25) is 4.79 Å². The van der Waals surface area contributed by atoms with Gasteiger partial charge in [0.15, 0.2) is 0 Å². The topological polar surface area (TPSA) is 66.9 Å². The summed E-state index contributed by atoms with van der Waals surface area (Å²) >= 11 is 6.75. The molecule has 2 rings (SSSR count). The van der Waals surface area contributed by atoms with Crippen LogP contribution in [-0.4, -0.2) is 57.3 Å². The Balaban J connectivity index is 1.85. The SMILES string of the molecule is Cc1ccc(OCCN(C)C(=O)CN(C)S(=O)(=O)c2ccc(Cl)s2)cc1. The van der Waals surface area contributed by atoms with Crippen LogP contribution in [0.3, 0.4) is 0 Å². The molecule has 0 fully saturated rings. The second kappa shape index (κ2) is 8.85. The first kappa shape index (κ1) is 20.7. The Labute approximate surface area is 163 Å². The lowest BCUT2D eigenvalue weighted by Crippen LogP contribution is -2.40. The molecule has 9 heteroatoms. The summed E-state index contributed by atoms with van der Waals surface area (Å²) in [4.78, 5) is 13.7. The van der Waals surface area contributed by atoms with Gasteiger partial charge in [0.25, 0.3) is 10.0 Å². The van der Waals surface area contributed by atoms with Gasteiger partial charge < -0.3 is 9.64 Å². The Morgan fingerprint density at radius 2 is 1.81 bits per heavy atom. The van der Waals surface area contributed by atoms with Crippen LogP contribution in [0.2, 0.25) is 4.34 Å². The summed E-state index contributed by atoms with van der Waals surface area (Å²) in [6, 6.07) is 10.6. The van der Waals surface area contributed by atoms with Crippen molar-refractivity contribution in [3.8, 4) is 5.75 Å². The minimum Gasteiger partial charge on any atom is -0.492 e. The van der Waals surface area contributed by atoms with Gasteiger partial charge in [0.1, 0.15) is 16.6 Å². The molecule has 0 N–H and O–H groups in total. The van der Waals surface area contributed by atoms with Crippen molar-refractivity contribution in [2.75, 3.05) is 33.8 Å². The fraction of sp³-hybridized carbons (Fsp3) is 0.353. The van der Waals surface area contributed by atoms with Crippen molar-refractivity contribution in [1.82, 2.24) is 9.21 Å². The zero-order valence-corrected chi connectivity index (χ0v) is 17.2. The molecule has 0 bridgehead atoms. The van der Waals surface area contributed by atoms with E-state index in [1.54, 1.807) is 7.05 Å². The van der Waals surface area contributed by atoms with E-state index < -0.39 is 10.0 Å². The highest BCUT2D eigenvalue weighted by Gasteiger charge is 2.25. The Kier molecular flexibility index (Phi) is 7.05. The summed E-state index contributed by atoms with van der Waals surface area (Å²) in [6.45, 7) is 2.41. The summed E-state index contributed by atoms with van der Waals surface area (Å²) in [5.41, 5.74) is 1.14. The molecule has 6 nitrogen and oxygen atoms in total. The number of aryl methyl sites for hydroxylation is 1. The molecule has 0 unspecified atom stereocenters. The highest BCUT2D eigenvalue weighted by molar-refractivity contribution is 7.91. The van der Waals surface area contributed by atoms with E-state index in [0.717, 1.165) is 27.0 Å². The first-order valence-corrected chi connectivity index (χ1v) is 10.5. The van der Waals surface area contributed by atoms with Crippen LogP contribution in [0.5, 0.6) is 5.75 Å². The second-order valence-electron chi connectivity index (χ2n) is 5.80. The Morgan fingerprint density at radius 3 is 2.38 bits per heavy atom. The van der Waals surface area contributed by atoms with Crippen molar-refractivity contribution in [3.63, 3.8) is 0 Å². The third kappa shape index (κ3) is 5.44. The first-order chi connectivity index (χ1) is 12.2. The number of nitrogens with zero attached hydrogens (tertiary/aromatic N) is 2. The number of rotatable bonds is 8. The van der Waals surface area contributed by atoms with Crippen LogP contribution in [0.4, 0.5) is 0 Å². The lowest BCUT2D eigenvalue weighted by molar-refractivity contribution is -0.130. The first-order valence-electron chi connectivity index (χ1n) is 7.85. The largest absolute Gasteiger partial charge is 0.492 e. The molecule has 0 saturated carbocycles. The van der Waals surface area contributed by atoms with Gasteiger partial charge >= 0.3 is 0 Å². The number of carbonyl (C=O) groups is 1. The molecule has 0 aliphatic rings. The molecule has 1 heterocycles. The predicted octanol–water partition coefficient (Wildman–Crippen LogP) is 2.87. The van der Waals surface area contributed by atoms with Gasteiger partial charge in [0, 0.05) is 14.1 Å². The predicted molar refractivity (Wildman–Crippen MR) is 103 cm³/mol. The van der Waals surface area contributed by atoms with Gasteiger partial charge in [-0.2, -0.15) is 4.31 Å². The minimum atomic E-state index is -3.73.